The predicted octanol–water partition coefficient (Wildman–Crippen LogP) is 3.41. The van der Waals surface area contributed by atoms with Crippen molar-refractivity contribution in [2.75, 3.05) is 5.73 Å². The number of hydrogen-bond acceptors (Lipinski definition) is 5. The van der Waals surface area contributed by atoms with Gasteiger partial charge in [-0.1, -0.05) is 41.6 Å². The van der Waals surface area contributed by atoms with E-state index in [4.69, 9.17) is 17.3 Å². The first-order valence-corrected chi connectivity index (χ1v) is 6.73. The Kier molecular flexibility index (Phi) is 3.23. The molecule has 1 aromatic carbocycles. The average Bonchev–Trinajstić information content (AvgIpc) is 2.44. The van der Waals surface area contributed by atoms with Gasteiger partial charge >= 0.3 is 0 Å². The SMILES string of the molecule is Nc1c(Cl)ncnc1Sc1cccc2cccnc12. The molecule has 0 saturated heterocycles. The molecule has 0 amide bonds. The van der Waals surface area contributed by atoms with Crippen LogP contribution in [0.5, 0.6) is 0 Å². The van der Waals surface area contributed by atoms with Crippen LogP contribution in [0, 0.1) is 0 Å². The van der Waals surface area contributed by atoms with Gasteiger partial charge in [0.1, 0.15) is 17.0 Å². The summed E-state index contributed by atoms with van der Waals surface area (Å²) in [5, 5.41) is 1.98. The molecule has 0 saturated carbocycles. The monoisotopic (exact) mass is 288 g/mol. The number of halogens is 1. The lowest BCUT2D eigenvalue weighted by molar-refractivity contribution is 1.06. The highest BCUT2D eigenvalue weighted by molar-refractivity contribution is 7.99. The minimum absolute atomic E-state index is 0.269. The minimum atomic E-state index is 0.269. The van der Waals surface area contributed by atoms with Gasteiger partial charge in [-0.05, 0) is 12.1 Å². The Balaban J connectivity index is 2.09. The number of fused-ring (bicyclic) bond motifs is 1. The highest BCUT2D eigenvalue weighted by Crippen LogP contribution is 2.35. The lowest BCUT2D eigenvalue weighted by atomic mass is 10.2. The number of rotatable bonds is 2. The molecule has 0 aliphatic rings. The van der Waals surface area contributed by atoms with Crippen LogP contribution in [0.15, 0.2) is 52.8 Å². The molecule has 2 N–H and O–H groups in total. The highest BCUT2D eigenvalue weighted by atomic mass is 35.5. The van der Waals surface area contributed by atoms with E-state index in [0.29, 0.717) is 10.7 Å². The Labute approximate surface area is 119 Å². The second kappa shape index (κ2) is 5.03. The van der Waals surface area contributed by atoms with Gasteiger partial charge in [0.2, 0.25) is 0 Å². The number of para-hydroxylation sites is 1. The third kappa shape index (κ3) is 2.34. The average molecular weight is 289 g/mol. The van der Waals surface area contributed by atoms with Crippen LogP contribution < -0.4 is 5.73 Å². The van der Waals surface area contributed by atoms with Crippen LogP contribution in [0.2, 0.25) is 5.15 Å². The quantitative estimate of drug-likeness (QED) is 0.732. The van der Waals surface area contributed by atoms with Crippen molar-refractivity contribution in [1.82, 2.24) is 15.0 Å². The molecule has 3 aromatic rings. The molecule has 94 valence electrons. The summed E-state index contributed by atoms with van der Waals surface area (Å²) in [6.45, 7) is 0. The first-order chi connectivity index (χ1) is 9.25. The third-order valence-corrected chi connectivity index (χ3v) is 3.97. The Morgan fingerprint density at radius 3 is 2.79 bits per heavy atom. The summed E-state index contributed by atoms with van der Waals surface area (Å²) in [5.41, 5.74) is 7.19. The van der Waals surface area contributed by atoms with Gasteiger partial charge in [-0.15, -0.1) is 0 Å². The van der Waals surface area contributed by atoms with Crippen LogP contribution >= 0.6 is 23.4 Å². The maximum absolute atomic E-state index is 5.89. The fourth-order valence-electron chi connectivity index (χ4n) is 1.70. The topological polar surface area (TPSA) is 64.7 Å². The van der Waals surface area contributed by atoms with Gasteiger partial charge in [0.25, 0.3) is 0 Å². The standard InChI is InChI=1S/C13H9ClN4S/c14-12-10(15)13(18-7-17-12)19-9-5-1-3-8-4-2-6-16-11(8)9/h1-7H,15H2. The second-order valence-corrected chi connectivity index (χ2v) is 5.21. The van der Waals surface area contributed by atoms with E-state index in [-0.39, 0.29) is 5.15 Å². The minimum Gasteiger partial charge on any atom is -0.394 e. The maximum Gasteiger partial charge on any atom is 0.156 e. The fraction of sp³-hybridized carbons (Fsp3) is 0. The van der Waals surface area contributed by atoms with Crippen molar-refractivity contribution in [3.8, 4) is 0 Å². The summed E-state index contributed by atoms with van der Waals surface area (Å²) in [7, 11) is 0. The lowest BCUT2D eigenvalue weighted by Crippen LogP contribution is -1.95. The molecule has 0 fully saturated rings. The van der Waals surface area contributed by atoms with E-state index in [9.17, 15) is 0 Å². The molecule has 0 bridgehead atoms. The van der Waals surface area contributed by atoms with Crippen molar-refractivity contribution in [3.05, 3.63) is 48.0 Å². The number of pyridine rings is 1. The molecule has 6 heteroatoms. The Morgan fingerprint density at radius 1 is 1.05 bits per heavy atom. The smallest absolute Gasteiger partial charge is 0.156 e. The molecular formula is C13H9ClN4S. The molecular weight excluding hydrogens is 280 g/mol. The second-order valence-electron chi connectivity index (χ2n) is 3.82. The van der Waals surface area contributed by atoms with E-state index >= 15 is 0 Å². The molecule has 3 rings (SSSR count). The zero-order valence-corrected chi connectivity index (χ0v) is 11.3. The van der Waals surface area contributed by atoms with Crippen molar-refractivity contribution in [1.29, 1.82) is 0 Å². The Morgan fingerprint density at radius 2 is 1.89 bits per heavy atom. The molecule has 0 aliphatic carbocycles. The molecule has 0 spiro atoms. The van der Waals surface area contributed by atoms with Gasteiger partial charge in [-0.3, -0.25) is 4.98 Å². The van der Waals surface area contributed by atoms with Gasteiger partial charge < -0.3 is 5.73 Å². The van der Waals surface area contributed by atoms with Crippen molar-refractivity contribution in [2.45, 2.75) is 9.92 Å². The van der Waals surface area contributed by atoms with Crippen molar-refractivity contribution >= 4 is 40.0 Å². The van der Waals surface area contributed by atoms with Crippen molar-refractivity contribution < 1.29 is 0 Å². The van der Waals surface area contributed by atoms with Crippen molar-refractivity contribution in [2.24, 2.45) is 0 Å². The molecule has 2 aromatic heterocycles. The number of aromatic nitrogens is 3. The van der Waals surface area contributed by atoms with Crippen LogP contribution in [0.1, 0.15) is 0 Å². The zero-order chi connectivity index (χ0) is 13.2. The first kappa shape index (κ1) is 12.2. The van der Waals surface area contributed by atoms with Gasteiger partial charge in [0.15, 0.2) is 5.15 Å². The van der Waals surface area contributed by atoms with Crippen LogP contribution in [0.4, 0.5) is 5.69 Å². The highest BCUT2D eigenvalue weighted by Gasteiger charge is 2.10. The van der Waals surface area contributed by atoms with Crippen LogP contribution in [0.25, 0.3) is 10.9 Å². The van der Waals surface area contributed by atoms with E-state index in [1.165, 1.54) is 18.1 Å². The molecule has 2 heterocycles. The predicted molar refractivity (Wildman–Crippen MR) is 77.3 cm³/mol. The van der Waals surface area contributed by atoms with E-state index in [1.807, 2.05) is 30.3 Å². The summed E-state index contributed by atoms with van der Waals surface area (Å²) >= 11 is 7.33. The van der Waals surface area contributed by atoms with Gasteiger partial charge in [-0.2, -0.15) is 0 Å². The molecule has 19 heavy (non-hydrogen) atoms. The summed E-state index contributed by atoms with van der Waals surface area (Å²) in [4.78, 5) is 13.4. The van der Waals surface area contributed by atoms with Gasteiger partial charge in [0.05, 0.1) is 5.52 Å². The zero-order valence-electron chi connectivity index (χ0n) is 9.75. The number of nitrogens with zero attached hydrogens (tertiary/aromatic N) is 3. The molecule has 4 nitrogen and oxygen atoms in total. The van der Waals surface area contributed by atoms with E-state index in [2.05, 4.69) is 15.0 Å². The van der Waals surface area contributed by atoms with E-state index in [0.717, 1.165) is 15.8 Å². The number of anilines is 1. The normalized spacial score (nSPS) is 10.8. The van der Waals surface area contributed by atoms with Gasteiger partial charge in [0, 0.05) is 16.5 Å². The van der Waals surface area contributed by atoms with E-state index < -0.39 is 0 Å². The maximum atomic E-state index is 5.89. The number of benzene rings is 1. The number of nitrogens with two attached hydrogens (primary N) is 1. The summed E-state index contributed by atoms with van der Waals surface area (Å²) in [5.74, 6) is 0. The molecule has 0 atom stereocenters. The Hall–Kier alpha value is -1.85. The Bertz CT molecular complexity index is 742. The summed E-state index contributed by atoms with van der Waals surface area (Å²) in [6, 6.07) is 9.90. The largest absolute Gasteiger partial charge is 0.394 e. The van der Waals surface area contributed by atoms with Crippen molar-refractivity contribution in [3.63, 3.8) is 0 Å². The lowest BCUT2D eigenvalue weighted by Gasteiger charge is -2.07. The molecule has 0 radical (unpaired) electrons. The fourth-order valence-corrected chi connectivity index (χ4v) is 2.82. The third-order valence-electron chi connectivity index (χ3n) is 2.60. The summed E-state index contributed by atoms with van der Waals surface area (Å²) in [6.07, 6.45) is 3.17. The molecule has 0 aliphatic heterocycles. The van der Waals surface area contributed by atoms with Crippen LogP contribution in [-0.4, -0.2) is 15.0 Å². The van der Waals surface area contributed by atoms with E-state index in [1.54, 1.807) is 6.20 Å². The van der Waals surface area contributed by atoms with Crippen LogP contribution in [-0.2, 0) is 0 Å². The first-order valence-electron chi connectivity index (χ1n) is 5.53. The van der Waals surface area contributed by atoms with Gasteiger partial charge in [-0.25, -0.2) is 9.97 Å². The van der Waals surface area contributed by atoms with Crippen LogP contribution in [0.3, 0.4) is 0 Å². The number of nitrogen functional groups attached to an aromatic ring is 1. The number of hydrogen-bond donors (Lipinski definition) is 1. The summed E-state index contributed by atoms with van der Waals surface area (Å²) < 4.78 is 0. The molecule has 0 unspecified atom stereocenters.